The third-order valence-corrected chi connectivity index (χ3v) is 5.02. The summed E-state index contributed by atoms with van der Waals surface area (Å²) in [5, 5.41) is 12.7. The van der Waals surface area contributed by atoms with Crippen molar-refractivity contribution in [1.29, 1.82) is 0 Å². The Morgan fingerprint density at radius 1 is 1.14 bits per heavy atom. The van der Waals surface area contributed by atoms with Crippen molar-refractivity contribution < 1.29 is 5.11 Å². The van der Waals surface area contributed by atoms with Gasteiger partial charge in [-0.1, -0.05) is 57.9 Å². The average molecular weight is 283 g/mol. The first-order valence-corrected chi connectivity index (χ1v) is 7.99. The number of benzene rings is 1. The summed E-state index contributed by atoms with van der Waals surface area (Å²) in [4.78, 5) is 4.56. The van der Waals surface area contributed by atoms with E-state index >= 15 is 0 Å². The lowest BCUT2D eigenvalue weighted by atomic mass is 9.61. The van der Waals surface area contributed by atoms with Crippen molar-refractivity contribution in [2.45, 2.75) is 52.1 Å². The van der Waals surface area contributed by atoms with Gasteiger partial charge in [-0.25, -0.2) is 0 Å². The van der Waals surface area contributed by atoms with Gasteiger partial charge < -0.3 is 5.11 Å². The van der Waals surface area contributed by atoms with E-state index in [2.05, 4.69) is 44.0 Å². The Hall–Kier alpha value is -1.41. The van der Waals surface area contributed by atoms with E-state index in [1.807, 2.05) is 18.3 Å². The van der Waals surface area contributed by atoms with Crippen LogP contribution in [0.4, 0.5) is 0 Å². The van der Waals surface area contributed by atoms with Gasteiger partial charge in [0.15, 0.2) is 0 Å². The largest absolute Gasteiger partial charge is 0.385 e. The summed E-state index contributed by atoms with van der Waals surface area (Å²) in [6, 6.07) is 10.2. The number of nitrogens with zero attached hydrogens (tertiary/aromatic N) is 1. The van der Waals surface area contributed by atoms with Crippen LogP contribution in [0.3, 0.4) is 0 Å². The average Bonchev–Trinajstić information content (AvgIpc) is 2.46. The van der Waals surface area contributed by atoms with Gasteiger partial charge in [-0.15, -0.1) is 0 Å². The van der Waals surface area contributed by atoms with Crippen LogP contribution < -0.4 is 0 Å². The van der Waals surface area contributed by atoms with Crippen molar-refractivity contribution in [2.24, 2.45) is 11.3 Å². The molecule has 112 valence electrons. The molecule has 2 unspecified atom stereocenters. The van der Waals surface area contributed by atoms with E-state index in [1.165, 1.54) is 6.42 Å². The summed E-state index contributed by atoms with van der Waals surface area (Å²) in [6.45, 7) is 6.73. The molecule has 2 aromatic rings. The lowest BCUT2D eigenvalue weighted by molar-refractivity contribution is -0.0950. The summed E-state index contributed by atoms with van der Waals surface area (Å²) in [5.41, 5.74) is 1.30. The molecule has 1 aliphatic carbocycles. The summed E-state index contributed by atoms with van der Waals surface area (Å²) in [6.07, 6.45) is 6.05. The van der Waals surface area contributed by atoms with Gasteiger partial charge in [0.25, 0.3) is 0 Å². The molecule has 1 heterocycles. The smallest absolute Gasteiger partial charge is 0.0950 e. The number of aromatic nitrogens is 1. The zero-order valence-corrected chi connectivity index (χ0v) is 13.3. The predicted octanol–water partition coefficient (Wildman–Crippen LogP) is 4.66. The molecule has 2 atom stereocenters. The van der Waals surface area contributed by atoms with Crippen LogP contribution in [0.5, 0.6) is 0 Å². The first kappa shape index (κ1) is 14.5. The van der Waals surface area contributed by atoms with Gasteiger partial charge >= 0.3 is 0 Å². The predicted molar refractivity (Wildman–Crippen MR) is 87.1 cm³/mol. The molecule has 0 bridgehead atoms. The molecule has 1 fully saturated rings. The van der Waals surface area contributed by atoms with Crippen LogP contribution in [-0.4, -0.2) is 10.1 Å². The van der Waals surface area contributed by atoms with Crippen molar-refractivity contribution in [3.8, 4) is 0 Å². The maximum atomic E-state index is 11.6. The molecule has 1 aliphatic rings. The van der Waals surface area contributed by atoms with Gasteiger partial charge in [0.05, 0.1) is 11.1 Å². The van der Waals surface area contributed by atoms with E-state index in [-0.39, 0.29) is 11.3 Å². The van der Waals surface area contributed by atoms with Crippen molar-refractivity contribution >= 4 is 10.9 Å². The quantitative estimate of drug-likeness (QED) is 0.825. The Morgan fingerprint density at radius 2 is 1.90 bits per heavy atom. The summed E-state index contributed by atoms with van der Waals surface area (Å²) in [5.74, 6) is 0.270. The van der Waals surface area contributed by atoms with Crippen LogP contribution >= 0.6 is 0 Å². The molecular formula is C19H25NO. The summed E-state index contributed by atoms with van der Waals surface area (Å²) < 4.78 is 0. The number of rotatable bonds is 1. The lowest BCUT2D eigenvalue weighted by Gasteiger charge is -2.47. The monoisotopic (exact) mass is 283 g/mol. The SMILES string of the molecule is CC(C)(C)C1CCCCC1(O)c1cccc2cccnc12. The van der Waals surface area contributed by atoms with E-state index in [0.29, 0.717) is 0 Å². The Morgan fingerprint density at radius 3 is 2.67 bits per heavy atom. The normalized spacial score (nSPS) is 27.0. The fraction of sp³-hybridized carbons (Fsp3) is 0.526. The third kappa shape index (κ3) is 2.46. The van der Waals surface area contributed by atoms with Crippen LogP contribution in [0.25, 0.3) is 10.9 Å². The Kier molecular flexibility index (Phi) is 3.53. The fourth-order valence-corrected chi connectivity index (χ4v) is 4.08. The minimum Gasteiger partial charge on any atom is -0.385 e. The van der Waals surface area contributed by atoms with E-state index in [9.17, 15) is 5.11 Å². The number of pyridine rings is 1. The molecule has 21 heavy (non-hydrogen) atoms. The van der Waals surface area contributed by atoms with Gasteiger partial charge in [0, 0.05) is 17.1 Å². The van der Waals surface area contributed by atoms with E-state index in [1.54, 1.807) is 0 Å². The van der Waals surface area contributed by atoms with Gasteiger partial charge in [0.1, 0.15) is 0 Å². The van der Waals surface area contributed by atoms with E-state index < -0.39 is 5.60 Å². The van der Waals surface area contributed by atoms with Crippen LogP contribution in [0.2, 0.25) is 0 Å². The van der Waals surface area contributed by atoms with Crippen LogP contribution in [0, 0.1) is 11.3 Å². The van der Waals surface area contributed by atoms with Gasteiger partial charge in [-0.3, -0.25) is 4.98 Å². The second-order valence-electron chi connectivity index (χ2n) is 7.47. The van der Waals surface area contributed by atoms with E-state index in [4.69, 9.17) is 0 Å². The molecule has 0 saturated heterocycles. The highest BCUT2D eigenvalue weighted by molar-refractivity contribution is 5.82. The fourth-order valence-electron chi connectivity index (χ4n) is 4.08. The highest BCUT2D eigenvalue weighted by atomic mass is 16.3. The highest BCUT2D eigenvalue weighted by Gasteiger charge is 2.46. The number of fused-ring (bicyclic) bond motifs is 1. The molecule has 0 spiro atoms. The molecule has 1 N–H and O–H groups in total. The van der Waals surface area contributed by atoms with Gasteiger partial charge in [0.2, 0.25) is 0 Å². The van der Waals surface area contributed by atoms with Crippen LogP contribution in [0.1, 0.15) is 52.0 Å². The van der Waals surface area contributed by atoms with Crippen molar-refractivity contribution in [1.82, 2.24) is 4.98 Å². The lowest BCUT2D eigenvalue weighted by Crippen LogP contribution is -2.44. The van der Waals surface area contributed by atoms with E-state index in [0.717, 1.165) is 35.7 Å². The first-order chi connectivity index (χ1) is 9.93. The van der Waals surface area contributed by atoms with Crippen LogP contribution in [0.15, 0.2) is 36.5 Å². The number of para-hydroxylation sites is 1. The van der Waals surface area contributed by atoms with Crippen molar-refractivity contribution in [2.75, 3.05) is 0 Å². The first-order valence-electron chi connectivity index (χ1n) is 7.99. The second-order valence-corrected chi connectivity index (χ2v) is 7.47. The third-order valence-electron chi connectivity index (χ3n) is 5.02. The van der Waals surface area contributed by atoms with Crippen molar-refractivity contribution in [3.05, 3.63) is 42.1 Å². The minimum absolute atomic E-state index is 0.0894. The zero-order chi connectivity index (χ0) is 15.1. The van der Waals surface area contributed by atoms with Crippen molar-refractivity contribution in [3.63, 3.8) is 0 Å². The molecule has 0 amide bonds. The Labute approximate surface area is 127 Å². The maximum absolute atomic E-state index is 11.6. The number of hydrogen-bond donors (Lipinski definition) is 1. The summed E-state index contributed by atoms with van der Waals surface area (Å²) in [7, 11) is 0. The topological polar surface area (TPSA) is 33.1 Å². The molecule has 1 saturated carbocycles. The molecule has 3 rings (SSSR count). The van der Waals surface area contributed by atoms with Gasteiger partial charge in [-0.05, 0) is 30.2 Å². The number of aliphatic hydroxyl groups is 1. The molecule has 0 aliphatic heterocycles. The highest BCUT2D eigenvalue weighted by Crippen LogP contribution is 2.50. The molecule has 2 nitrogen and oxygen atoms in total. The number of hydrogen-bond acceptors (Lipinski definition) is 2. The molecule has 1 aromatic heterocycles. The van der Waals surface area contributed by atoms with Crippen LogP contribution in [-0.2, 0) is 5.60 Å². The second kappa shape index (κ2) is 5.10. The molecule has 2 heteroatoms. The van der Waals surface area contributed by atoms with Gasteiger partial charge in [-0.2, -0.15) is 0 Å². The zero-order valence-electron chi connectivity index (χ0n) is 13.3. The molecule has 0 radical (unpaired) electrons. The molecule has 1 aromatic carbocycles. The minimum atomic E-state index is -0.760. The Balaban J connectivity index is 2.18. The summed E-state index contributed by atoms with van der Waals surface area (Å²) >= 11 is 0. The Bertz CT molecular complexity index is 638. The standard InChI is InChI=1S/C19H25NO/c1-18(2,3)16-11-4-5-12-19(16,21)15-10-6-8-14-9-7-13-20-17(14)15/h6-10,13,16,21H,4-5,11-12H2,1-3H3. The molecular weight excluding hydrogens is 258 g/mol. The maximum Gasteiger partial charge on any atom is 0.0950 e.